The lowest BCUT2D eigenvalue weighted by Crippen LogP contribution is -2.32. The van der Waals surface area contributed by atoms with E-state index >= 15 is 0 Å². The molecule has 1 N–H and O–H groups in total. The maximum Gasteiger partial charge on any atom is 0.224 e. The Bertz CT molecular complexity index is 749. The highest BCUT2D eigenvalue weighted by molar-refractivity contribution is 6.31. The average Bonchev–Trinajstić information content (AvgIpc) is 3.25. The van der Waals surface area contributed by atoms with Gasteiger partial charge in [-0.25, -0.2) is 4.39 Å². The number of nitrogens with one attached hydrogen (secondary N) is 1. The van der Waals surface area contributed by atoms with E-state index in [-0.39, 0.29) is 35.5 Å². The molecule has 3 aromatic rings. The van der Waals surface area contributed by atoms with Crippen molar-refractivity contribution in [1.82, 2.24) is 15.1 Å². The number of carbonyl (C=O) groups is 1. The molecule has 0 fully saturated rings. The summed E-state index contributed by atoms with van der Waals surface area (Å²) in [5, 5.41) is 7.20. The molecule has 2 heterocycles. The van der Waals surface area contributed by atoms with Crippen LogP contribution in [0, 0.1) is 5.82 Å². The number of hydrogen-bond acceptors (Lipinski definition) is 3. The molecule has 2 aromatic heterocycles. The lowest BCUT2D eigenvalue weighted by atomic mass is 10.1. The number of aromatic nitrogens is 2. The molecule has 0 aliphatic heterocycles. The van der Waals surface area contributed by atoms with E-state index < -0.39 is 5.82 Å². The van der Waals surface area contributed by atoms with E-state index in [1.165, 1.54) is 12.1 Å². The number of carbonyl (C=O) groups excluding carboxylic acids is 1. The molecule has 1 unspecified atom stereocenters. The second-order valence-corrected chi connectivity index (χ2v) is 5.61. The summed E-state index contributed by atoms with van der Waals surface area (Å²) in [5.74, 6) is -0.152. The van der Waals surface area contributed by atoms with Crippen LogP contribution in [0.5, 0.6) is 0 Å². The van der Waals surface area contributed by atoms with Gasteiger partial charge in [0, 0.05) is 29.5 Å². The number of halogens is 2. The first kappa shape index (κ1) is 16.3. The number of benzene rings is 1. The molecule has 1 amide bonds. The van der Waals surface area contributed by atoms with Crippen molar-refractivity contribution in [2.75, 3.05) is 6.54 Å². The van der Waals surface area contributed by atoms with Crippen molar-refractivity contribution < 1.29 is 13.6 Å². The molecule has 7 heteroatoms. The Morgan fingerprint density at radius 1 is 1.33 bits per heavy atom. The summed E-state index contributed by atoms with van der Waals surface area (Å²) in [6, 6.07) is 9.43. The minimum Gasteiger partial charge on any atom is -0.467 e. The van der Waals surface area contributed by atoms with Gasteiger partial charge >= 0.3 is 0 Å². The second-order valence-electron chi connectivity index (χ2n) is 5.20. The van der Waals surface area contributed by atoms with Crippen LogP contribution in [-0.4, -0.2) is 22.2 Å². The van der Waals surface area contributed by atoms with Gasteiger partial charge in [0.15, 0.2) is 0 Å². The van der Waals surface area contributed by atoms with Crippen molar-refractivity contribution in [3.8, 4) is 0 Å². The third-order valence-electron chi connectivity index (χ3n) is 3.61. The van der Waals surface area contributed by atoms with Gasteiger partial charge in [0.05, 0.1) is 12.7 Å². The molecule has 124 valence electrons. The minimum absolute atomic E-state index is 0.129. The molecule has 0 spiro atoms. The van der Waals surface area contributed by atoms with Crippen LogP contribution in [0.4, 0.5) is 4.39 Å². The van der Waals surface area contributed by atoms with Gasteiger partial charge in [-0.05, 0) is 30.3 Å². The van der Waals surface area contributed by atoms with Gasteiger partial charge in [-0.1, -0.05) is 17.7 Å². The molecule has 1 aromatic carbocycles. The number of nitrogens with zero attached hydrogens (tertiary/aromatic N) is 2. The highest BCUT2D eigenvalue weighted by Gasteiger charge is 2.19. The quantitative estimate of drug-likeness (QED) is 0.744. The van der Waals surface area contributed by atoms with E-state index in [1.54, 1.807) is 41.5 Å². The Labute approximate surface area is 143 Å². The van der Waals surface area contributed by atoms with Gasteiger partial charge in [-0.3, -0.25) is 9.48 Å². The Kier molecular flexibility index (Phi) is 4.96. The summed E-state index contributed by atoms with van der Waals surface area (Å²) in [6.07, 6.45) is 4.87. The molecular formula is C17H15ClFN3O2. The summed E-state index contributed by atoms with van der Waals surface area (Å²) < 4.78 is 20.9. The van der Waals surface area contributed by atoms with E-state index in [0.29, 0.717) is 5.76 Å². The standard InChI is InChI=1S/C17H15ClFN3O2/c18-13-4-1-5-14(19)12(13)10-17(23)20-11-15(16-6-2-9-24-16)22-8-3-7-21-22/h1-9,15H,10-11H2,(H,20,23). The first-order chi connectivity index (χ1) is 11.6. The molecule has 3 rings (SSSR count). The van der Waals surface area contributed by atoms with E-state index in [0.717, 1.165) is 0 Å². The third-order valence-corrected chi connectivity index (χ3v) is 3.96. The Hall–Kier alpha value is -2.60. The average molecular weight is 348 g/mol. The topological polar surface area (TPSA) is 60.1 Å². The molecule has 0 aliphatic rings. The molecule has 0 bridgehead atoms. The Morgan fingerprint density at radius 3 is 2.88 bits per heavy atom. The fourth-order valence-corrected chi connectivity index (χ4v) is 2.63. The summed E-state index contributed by atoms with van der Waals surface area (Å²) in [4.78, 5) is 12.2. The highest BCUT2D eigenvalue weighted by atomic mass is 35.5. The predicted molar refractivity (Wildman–Crippen MR) is 87.2 cm³/mol. The molecule has 0 saturated heterocycles. The lowest BCUT2D eigenvalue weighted by Gasteiger charge is -2.16. The number of furan rings is 1. The van der Waals surface area contributed by atoms with Gasteiger partial charge in [-0.15, -0.1) is 0 Å². The SMILES string of the molecule is O=C(Cc1c(F)cccc1Cl)NCC(c1ccco1)n1cccn1. The number of amides is 1. The van der Waals surface area contributed by atoms with Crippen molar-refractivity contribution in [3.63, 3.8) is 0 Å². The van der Waals surface area contributed by atoms with E-state index in [9.17, 15) is 9.18 Å². The van der Waals surface area contributed by atoms with Crippen LogP contribution in [0.1, 0.15) is 17.4 Å². The van der Waals surface area contributed by atoms with Crippen molar-refractivity contribution in [1.29, 1.82) is 0 Å². The largest absolute Gasteiger partial charge is 0.467 e. The van der Waals surface area contributed by atoms with Crippen LogP contribution < -0.4 is 5.32 Å². The van der Waals surface area contributed by atoms with Crippen molar-refractivity contribution in [3.05, 3.63) is 77.2 Å². The molecular weight excluding hydrogens is 333 g/mol. The molecule has 5 nitrogen and oxygen atoms in total. The highest BCUT2D eigenvalue weighted by Crippen LogP contribution is 2.20. The van der Waals surface area contributed by atoms with Crippen LogP contribution in [0.15, 0.2) is 59.5 Å². The van der Waals surface area contributed by atoms with Gasteiger partial charge in [-0.2, -0.15) is 5.10 Å². The van der Waals surface area contributed by atoms with Gasteiger partial charge in [0.25, 0.3) is 0 Å². The molecule has 0 radical (unpaired) electrons. The Morgan fingerprint density at radius 2 is 2.21 bits per heavy atom. The van der Waals surface area contributed by atoms with Crippen molar-refractivity contribution in [2.24, 2.45) is 0 Å². The summed E-state index contributed by atoms with van der Waals surface area (Å²) in [6.45, 7) is 0.264. The van der Waals surface area contributed by atoms with Crippen molar-refractivity contribution in [2.45, 2.75) is 12.5 Å². The van der Waals surface area contributed by atoms with Crippen LogP contribution in [0.3, 0.4) is 0 Å². The lowest BCUT2D eigenvalue weighted by molar-refractivity contribution is -0.120. The monoisotopic (exact) mass is 347 g/mol. The van der Waals surface area contributed by atoms with Crippen molar-refractivity contribution >= 4 is 17.5 Å². The summed E-state index contributed by atoms with van der Waals surface area (Å²) >= 11 is 5.95. The van der Waals surface area contributed by atoms with E-state index in [4.69, 9.17) is 16.0 Å². The van der Waals surface area contributed by atoms with Crippen LogP contribution in [-0.2, 0) is 11.2 Å². The van der Waals surface area contributed by atoms with Crippen LogP contribution in [0.25, 0.3) is 0 Å². The fraction of sp³-hybridized carbons (Fsp3) is 0.176. The zero-order chi connectivity index (χ0) is 16.9. The first-order valence-electron chi connectivity index (χ1n) is 7.37. The summed E-state index contributed by atoms with van der Waals surface area (Å²) in [5.41, 5.74) is 0.185. The van der Waals surface area contributed by atoms with Crippen LogP contribution >= 0.6 is 11.6 Å². The van der Waals surface area contributed by atoms with Gasteiger partial charge in [0.2, 0.25) is 5.91 Å². The molecule has 24 heavy (non-hydrogen) atoms. The smallest absolute Gasteiger partial charge is 0.224 e. The fourth-order valence-electron chi connectivity index (χ4n) is 2.41. The maximum absolute atomic E-state index is 13.8. The molecule has 0 saturated carbocycles. The Balaban J connectivity index is 1.68. The van der Waals surface area contributed by atoms with E-state index in [1.807, 2.05) is 6.07 Å². The number of rotatable bonds is 6. The second kappa shape index (κ2) is 7.31. The van der Waals surface area contributed by atoms with Gasteiger partial charge < -0.3 is 9.73 Å². The first-order valence-corrected chi connectivity index (χ1v) is 7.75. The normalized spacial score (nSPS) is 12.1. The third kappa shape index (κ3) is 3.65. The molecule has 1 atom stereocenters. The van der Waals surface area contributed by atoms with Crippen LogP contribution in [0.2, 0.25) is 5.02 Å². The predicted octanol–water partition coefficient (Wildman–Crippen LogP) is 3.22. The molecule has 0 aliphatic carbocycles. The summed E-state index contributed by atoms with van der Waals surface area (Å²) in [7, 11) is 0. The van der Waals surface area contributed by atoms with E-state index in [2.05, 4.69) is 10.4 Å². The van der Waals surface area contributed by atoms with Gasteiger partial charge in [0.1, 0.15) is 17.6 Å². The minimum atomic E-state index is -0.493. The zero-order valence-electron chi connectivity index (χ0n) is 12.7. The zero-order valence-corrected chi connectivity index (χ0v) is 13.4. The number of hydrogen-bond donors (Lipinski definition) is 1. The maximum atomic E-state index is 13.8.